The molecule has 172 valence electrons. The molecule has 1 aliphatic rings. The molecule has 1 aliphatic heterocycles. The SMILES string of the molecule is CCN(CC)[C@@H](CNc1ccc(C(=O)N2CCOCC2)cc1[N+](=O)[O-])Cc1ccccc1. The Labute approximate surface area is 189 Å². The quantitative estimate of drug-likeness (QED) is 0.450. The third-order valence-electron chi connectivity index (χ3n) is 5.91. The Morgan fingerprint density at radius 3 is 2.47 bits per heavy atom. The second-order valence-corrected chi connectivity index (χ2v) is 7.84. The molecular formula is C24H32N4O4. The van der Waals surface area contributed by atoms with Crippen molar-refractivity contribution in [2.24, 2.45) is 0 Å². The molecule has 3 rings (SSSR count). The number of nitro benzene ring substituents is 1. The minimum Gasteiger partial charge on any atom is -0.378 e. The smallest absolute Gasteiger partial charge is 0.293 e. The van der Waals surface area contributed by atoms with Gasteiger partial charge in [0.05, 0.1) is 18.1 Å². The summed E-state index contributed by atoms with van der Waals surface area (Å²) in [7, 11) is 0. The number of anilines is 1. The van der Waals surface area contributed by atoms with Gasteiger partial charge in [-0.2, -0.15) is 0 Å². The van der Waals surface area contributed by atoms with Gasteiger partial charge in [0.2, 0.25) is 0 Å². The maximum absolute atomic E-state index is 12.7. The minimum atomic E-state index is -0.429. The number of hydrogen-bond acceptors (Lipinski definition) is 6. The van der Waals surface area contributed by atoms with E-state index in [0.717, 1.165) is 19.5 Å². The van der Waals surface area contributed by atoms with Gasteiger partial charge in [0, 0.05) is 37.3 Å². The minimum absolute atomic E-state index is 0.0814. The summed E-state index contributed by atoms with van der Waals surface area (Å²) in [6.45, 7) is 8.56. The van der Waals surface area contributed by atoms with Crippen molar-refractivity contribution >= 4 is 17.3 Å². The average molecular weight is 441 g/mol. The summed E-state index contributed by atoms with van der Waals surface area (Å²) >= 11 is 0. The number of ether oxygens (including phenoxy) is 1. The Morgan fingerprint density at radius 1 is 1.16 bits per heavy atom. The lowest BCUT2D eigenvalue weighted by atomic mass is 10.0. The third kappa shape index (κ3) is 6.05. The lowest BCUT2D eigenvalue weighted by molar-refractivity contribution is -0.384. The predicted octanol–water partition coefficient (Wildman–Crippen LogP) is 3.43. The van der Waals surface area contributed by atoms with Crippen LogP contribution >= 0.6 is 0 Å². The normalized spacial score (nSPS) is 14.9. The van der Waals surface area contributed by atoms with Crippen molar-refractivity contribution in [3.63, 3.8) is 0 Å². The number of likely N-dealkylation sites (N-methyl/N-ethyl adjacent to an activating group) is 1. The Balaban J connectivity index is 1.76. The number of nitrogens with one attached hydrogen (secondary N) is 1. The molecule has 1 N–H and O–H groups in total. The van der Waals surface area contributed by atoms with Gasteiger partial charge in [-0.3, -0.25) is 19.8 Å². The fourth-order valence-corrected chi connectivity index (χ4v) is 4.10. The third-order valence-corrected chi connectivity index (χ3v) is 5.91. The van der Waals surface area contributed by atoms with E-state index in [1.165, 1.54) is 11.6 Å². The van der Waals surface area contributed by atoms with Gasteiger partial charge in [0.15, 0.2) is 0 Å². The number of benzene rings is 2. The topological polar surface area (TPSA) is 88.0 Å². The zero-order chi connectivity index (χ0) is 22.9. The van der Waals surface area contributed by atoms with Crippen LogP contribution in [0.1, 0.15) is 29.8 Å². The first-order valence-corrected chi connectivity index (χ1v) is 11.2. The monoisotopic (exact) mass is 440 g/mol. The summed E-state index contributed by atoms with van der Waals surface area (Å²) in [5.74, 6) is -0.201. The number of amides is 1. The van der Waals surface area contributed by atoms with Crippen LogP contribution in [0.25, 0.3) is 0 Å². The van der Waals surface area contributed by atoms with Crippen molar-refractivity contribution in [1.82, 2.24) is 9.80 Å². The van der Waals surface area contributed by atoms with Gasteiger partial charge in [-0.05, 0) is 37.2 Å². The molecule has 0 radical (unpaired) electrons. The fraction of sp³-hybridized carbons (Fsp3) is 0.458. The van der Waals surface area contributed by atoms with Gasteiger partial charge in [-0.15, -0.1) is 0 Å². The molecule has 0 aliphatic carbocycles. The Kier molecular flexibility index (Phi) is 8.58. The number of hydrogen-bond donors (Lipinski definition) is 1. The molecule has 1 fully saturated rings. The molecular weight excluding hydrogens is 408 g/mol. The highest BCUT2D eigenvalue weighted by Gasteiger charge is 2.24. The first-order chi connectivity index (χ1) is 15.5. The van der Waals surface area contributed by atoms with E-state index in [2.05, 4.69) is 36.2 Å². The summed E-state index contributed by atoms with van der Waals surface area (Å²) in [5, 5.41) is 15.0. The first-order valence-electron chi connectivity index (χ1n) is 11.2. The number of nitro groups is 1. The van der Waals surface area contributed by atoms with Crippen LogP contribution in [0.5, 0.6) is 0 Å². The molecule has 8 nitrogen and oxygen atoms in total. The number of morpholine rings is 1. The maximum Gasteiger partial charge on any atom is 0.293 e. The van der Waals surface area contributed by atoms with Gasteiger partial charge in [-0.1, -0.05) is 44.2 Å². The zero-order valence-electron chi connectivity index (χ0n) is 18.8. The summed E-state index contributed by atoms with van der Waals surface area (Å²) in [4.78, 5) is 28.1. The molecule has 1 amide bonds. The lowest BCUT2D eigenvalue weighted by Crippen LogP contribution is -2.41. The van der Waals surface area contributed by atoms with Crippen LogP contribution in [-0.4, -0.2) is 72.6 Å². The van der Waals surface area contributed by atoms with E-state index < -0.39 is 4.92 Å². The molecule has 1 heterocycles. The highest BCUT2D eigenvalue weighted by molar-refractivity contribution is 5.95. The molecule has 2 aromatic rings. The summed E-state index contributed by atoms with van der Waals surface area (Å²) < 4.78 is 5.29. The maximum atomic E-state index is 12.7. The van der Waals surface area contributed by atoms with Gasteiger partial charge >= 0.3 is 0 Å². The highest BCUT2D eigenvalue weighted by atomic mass is 16.6. The fourth-order valence-electron chi connectivity index (χ4n) is 4.10. The predicted molar refractivity (Wildman–Crippen MR) is 125 cm³/mol. The number of nitrogens with zero attached hydrogens (tertiary/aromatic N) is 3. The van der Waals surface area contributed by atoms with Crippen LogP contribution in [0.4, 0.5) is 11.4 Å². The zero-order valence-corrected chi connectivity index (χ0v) is 18.8. The molecule has 0 unspecified atom stereocenters. The number of rotatable bonds is 10. The molecule has 0 aromatic heterocycles. The molecule has 8 heteroatoms. The first kappa shape index (κ1) is 23.7. The van der Waals surface area contributed by atoms with Crippen LogP contribution in [-0.2, 0) is 11.2 Å². The van der Waals surface area contributed by atoms with Crippen LogP contribution in [0.15, 0.2) is 48.5 Å². The van der Waals surface area contributed by atoms with E-state index in [1.54, 1.807) is 17.0 Å². The Bertz CT molecular complexity index is 896. The van der Waals surface area contributed by atoms with Crippen LogP contribution in [0, 0.1) is 10.1 Å². The van der Waals surface area contributed by atoms with Crippen LogP contribution in [0.3, 0.4) is 0 Å². The molecule has 0 bridgehead atoms. The van der Waals surface area contributed by atoms with E-state index in [-0.39, 0.29) is 17.6 Å². The average Bonchev–Trinajstić information content (AvgIpc) is 2.83. The second-order valence-electron chi connectivity index (χ2n) is 7.84. The van der Waals surface area contributed by atoms with E-state index in [4.69, 9.17) is 4.74 Å². The second kappa shape index (κ2) is 11.6. The molecule has 0 saturated carbocycles. The number of carbonyl (C=O) groups is 1. The highest BCUT2D eigenvalue weighted by Crippen LogP contribution is 2.27. The van der Waals surface area contributed by atoms with E-state index in [0.29, 0.717) is 44.1 Å². The van der Waals surface area contributed by atoms with Gasteiger partial charge < -0.3 is 15.0 Å². The van der Waals surface area contributed by atoms with Crippen molar-refractivity contribution in [3.05, 3.63) is 69.8 Å². The van der Waals surface area contributed by atoms with E-state index >= 15 is 0 Å². The van der Waals surface area contributed by atoms with E-state index in [9.17, 15) is 14.9 Å². The largest absolute Gasteiger partial charge is 0.378 e. The standard InChI is InChI=1S/C24H32N4O4/c1-3-26(4-2)21(16-19-8-6-5-7-9-19)18-25-22-11-10-20(17-23(22)28(30)31)24(29)27-12-14-32-15-13-27/h5-11,17,21,25H,3-4,12-16,18H2,1-2H3/t21-/m1/s1. The van der Waals surface area contributed by atoms with Crippen molar-refractivity contribution in [1.29, 1.82) is 0 Å². The van der Waals surface area contributed by atoms with Crippen LogP contribution in [0.2, 0.25) is 0 Å². The van der Waals surface area contributed by atoms with Gasteiger partial charge in [-0.25, -0.2) is 0 Å². The summed E-state index contributed by atoms with van der Waals surface area (Å²) in [6, 6.07) is 15.1. The van der Waals surface area contributed by atoms with Gasteiger partial charge in [0.25, 0.3) is 11.6 Å². The number of carbonyl (C=O) groups excluding carboxylic acids is 1. The molecule has 0 spiro atoms. The molecule has 1 saturated heterocycles. The Hall–Kier alpha value is -2.97. The molecule has 2 aromatic carbocycles. The lowest BCUT2D eigenvalue weighted by Gasteiger charge is -2.30. The van der Waals surface area contributed by atoms with Crippen molar-refractivity contribution in [3.8, 4) is 0 Å². The van der Waals surface area contributed by atoms with Crippen molar-refractivity contribution < 1.29 is 14.5 Å². The molecule has 32 heavy (non-hydrogen) atoms. The van der Waals surface area contributed by atoms with Crippen LogP contribution < -0.4 is 5.32 Å². The summed E-state index contributed by atoms with van der Waals surface area (Å²) in [6.07, 6.45) is 0.844. The molecule has 1 atom stereocenters. The van der Waals surface area contributed by atoms with Gasteiger partial charge in [0.1, 0.15) is 5.69 Å². The van der Waals surface area contributed by atoms with E-state index in [1.807, 2.05) is 18.2 Å². The Morgan fingerprint density at radius 2 is 1.84 bits per heavy atom. The van der Waals surface area contributed by atoms with Crippen molar-refractivity contribution in [2.75, 3.05) is 51.3 Å². The summed E-state index contributed by atoms with van der Waals surface area (Å²) in [5.41, 5.74) is 1.90. The van der Waals surface area contributed by atoms with Crippen molar-refractivity contribution in [2.45, 2.75) is 26.3 Å².